The van der Waals surface area contributed by atoms with Crippen LogP contribution in [-0.2, 0) is 13.5 Å². The molecule has 3 unspecified atom stereocenters. The summed E-state index contributed by atoms with van der Waals surface area (Å²) >= 11 is 0. The molecule has 1 heterocycles. The Morgan fingerprint density at radius 2 is 2.00 bits per heavy atom. The molecule has 0 saturated heterocycles. The van der Waals surface area contributed by atoms with Crippen LogP contribution in [0.1, 0.15) is 37.3 Å². The van der Waals surface area contributed by atoms with Gasteiger partial charge in [0.25, 0.3) is 0 Å². The molecule has 0 aliphatic heterocycles. The molecule has 0 spiro atoms. The summed E-state index contributed by atoms with van der Waals surface area (Å²) in [7, 11) is 1.94. The van der Waals surface area contributed by atoms with Crippen molar-refractivity contribution >= 4 is 0 Å². The van der Waals surface area contributed by atoms with Crippen molar-refractivity contribution in [3.8, 4) is 0 Å². The fraction of sp³-hybridized carbons (Fsp3) is 0.471. The Balaban J connectivity index is 2.24. The number of rotatable bonds is 7. The van der Waals surface area contributed by atoms with Crippen molar-refractivity contribution in [2.45, 2.75) is 38.6 Å². The zero-order valence-electron chi connectivity index (χ0n) is 13.2. The highest BCUT2D eigenvalue weighted by Gasteiger charge is 2.27. The zero-order valence-corrected chi connectivity index (χ0v) is 13.2. The number of benzene rings is 1. The molecule has 0 bridgehead atoms. The van der Waals surface area contributed by atoms with Gasteiger partial charge in [0.15, 0.2) is 0 Å². The lowest BCUT2D eigenvalue weighted by Crippen LogP contribution is -2.43. The minimum absolute atomic E-state index is 0.201. The van der Waals surface area contributed by atoms with E-state index < -0.39 is 0 Å². The molecule has 1 aromatic carbocycles. The molecular weight excluding hydrogens is 260 g/mol. The number of hydrogen-bond donors (Lipinski definition) is 2. The van der Waals surface area contributed by atoms with Crippen molar-refractivity contribution in [2.75, 3.05) is 0 Å². The van der Waals surface area contributed by atoms with Gasteiger partial charge < -0.3 is 0 Å². The Morgan fingerprint density at radius 1 is 1.29 bits per heavy atom. The van der Waals surface area contributed by atoms with E-state index >= 15 is 0 Å². The number of aryl methyl sites for hydroxylation is 1. The summed E-state index contributed by atoms with van der Waals surface area (Å²) < 4.78 is 1.84. The van der Waals surface area contributed by atoms with Gasteiger partial charge in [-0.05, 0) is 23.5 Å². The summed E-state index contributed by atoms with van der Waals surface area (Å²) in [6.07, 6.45) is 5.99. The van der Waals surface area contributed by atoms with Gasteiger partial charge in [-0.3, -0.25) is 16.0 Å². The predicted octanol–water partition coefficient (Wildman–Crippen LogP) is 2.62. The minimum atomic E-state index is 0.201. The van der Waals surface area contributed by atoms with E-state index in [4.69, 9.17) is 5.84 Å². The number of aromatic nitrogens is 2. The van der Waals surface area contributed by atoms with Crippen molar-refractivity contribution in [1.29, 1.82) is 0 Å². The van der Waals surface area contributed by atoms with Crippen LogP contribution in [0.5, 0.6) is 0 Å². The van der Waals surface area contributed by atoms with Crippen LogP contribution in [0, 0.1) is 5.92 Å². The van der Waals surface area contributed by atoms with Crippen molar-refractivity contribution in [2.24, 2.45) is 18.8 Å². The Hall–Kier alpha value is -1.65. The molecule has 1 aromatic heterocycles. The number of nitrogens with zero attached hydrogens (tertiary/aromatic N) is 2. The Morgan fingerprint density at radius 3 is 2.52 bits per heavy atom. The molecule has 4 nitrogen and oxygen atoms in total. The average Bonchev–Trinajstić information content (AvgIpc) is 2.92. The van der Waals surface area contributed by atoms with E-state index in [1.165, 1.54) is 11.1 Å². The lowest BCUT2D eigenvalue weighted by Gasteiger charge is -2.31. The fourth-order valence-corrected chi connectivity index (χ4v) is 3.01. The zero-order chi connectivity index (χ0) is 15.2. The fourth-order valence-electron chi connectivity index (χ4n) is 3.01. The topological polar surface area (TPSA) is 55.9 Å². The molecule has 0 fully saturated rings. The Kier molecular flexibility index (Phi) is 5.53. The van der Waals surface area contributed by atoms with Crippen molar-refractivity contribution in [3.63, 3.8) is 0 Å². The maximum atomic E-state index is 5.88. The molecule has 0 saturated carbocycles. The van der Waals surface area contributed by atoms with Crippen LogP contribution >= 0.6 is 0 Å². The first kappa shape index (κ1) is 15.7. The third kappa shape index (κ3) is 3.93. The van der Waals surface area contributed by atoms with Crippen molar-refractivity contribution < 1.29 is 0 Å². The molecule has 2 aromatic rings. The SMILES string of the molecule is CCC(C)C(c1ccccc1)C(Cc1cnn(C)c1)NN. The maximum Gasteiger partial charge on any atom is 0.0522 e. The minimum Gasteiger partial charge on any atom is -0.276 e. The second-order valence-electron chi connectivity index (χ2n) is 5.82. The Bertz CT molecular complexity index is 535. The van der Waals surface area contributed by atoms with Gasteiger partial charge in [-0.15, -0.1) is 0 Å². The molecule has 3 N–H and O–H groups in total. The van der Waals surface area contributed by atoms with Crippen LogP contribution in [0.3, 0.4) is 0 Å². The van der Waals surface area contributed by atoms with E-state index in [-0.39, 0.29) is 6.04 Å². The molecular formula is C17H26N4. The second-order valence-corrected chi connectivity index (χ2v) is 5.82. The molecule has 0 amide bonds. The van der Waals surface area contributed by atoms with E-state index in [1.54, 1.807) is 0 Å². The van der Waals surface area contributed by atoms with Gasteiger partial charge >= 0.3 is 0 Å². The summed E-state index contributed by atoms with van der Waals surface area (Å²) in [5.74, 6) is 6.83. The van der Waals surface area contributed by atoms with E-state index in [1.807, 2.05) is 17.9 Å². The second kappa shape index (κ2) is 7.38. The van der Waals surface area contributed by atoms with E-state index in [9.17, 15) is 0 Å². The summed E-state index contributed by atoms with van der Waals surface area (Å²) in [5, 5.41) is 4.25. The number of nitrogens with two attached hydrogens (primary N) is 1. The average molecular weight is 286 g/mol. The summed E-state index contributed by atoms with van der Waals surface area (Å²) in [5.41, 5.74) is 5.60. The van der Waals surface area contributed by atoms with Gasteiger partial charge in [0.2, 0.25) is 0 Å². The molecule has 0 aliphatic rings. The van der Waals surface area contributed by atoms with Crippen LogP contribution in [0.2, 0.25) is 0 Å². The van der Waals surface area contributed by atoms with E-state index in [0.717, 1.165) is 12.8 Å². The van der Waals surface area contributed by atoms with Crippen molar-refractivity contribution in [1.82, 2.24) is 15.2 Å². The largest absolute Gasteiger partial charge is 0.276 e. The number of nitrogens with one attached hydrogen (secondary N) is 1. The highest BCUT2D eigenvalue weighted by atomic mass is 15.2. The third-order valence-electron chi connectivity index (χ3n) is 4.30. The van der Waals surface area contributed by atoms with Gasteiger partial charge in [-0.1, -0.05) is 50.6 Å². The smallest absolute Gasteiger partial charge is 0.0522 e. The van der Waals surface area contributed by atoms with Crippen molar-refractivity contribution in [3.05, 3.63) is 53.9 Å². The molecule has 0 aliphatic carbocycles. The first-order chi connectivity index (χ1) is 10.2. The van der Waals surface area contributed by atoms with Gasteiger partial charge in [-0.25, -0.2) is 0 Å². The van der Waals surface area contributed by atoms with E-state index in [2.05, 4.69) is 60.9 Å². The molecule has 3 atom stereocenters. The van der Waals surface area contributed by atoms with Crippen LogP contribution in [0.15, 0.2) is 42.7 Å². The van der Waals surface area contributed by atoms with E-state index in [0.29, 0.717) is 11.8 Å². The van der Waals surface area contributed by atoms with Crippen LogP contribution < -0.4 is 11.3 Å². The van der Waals surface area contributed by atoms with Gasteiger partial charge in [0.05, 0.1) is 6.20 Å². The van der Waals surface area contributed by atoms with Crippen LogP contribution in [-0.4, -0.2) is 15.8 Å². The first-order valence-corrected chi connectivity index (χ1v) is 7.64. The number of hydrogen-bond acceptors (Lipinski definition) is 3. The lowest BCUT2D eigenvalue weighted by molar-refractivity contribution is 0.335. The molecule has 114 valence electrons. The molecule has 0 radical (unpaired) electrons. The first-order valence-electron chi connectivity index (χ1n) is 7.64. The highest BCUT2D eigenvalue weighted by Crippen LogP contribution is 2.31. The predicted molar refractivity (Wildman–Crippen MR) is 86.7 cm³/mol. The standard InChI is InChI=1S/C17H26N4/c1-4-13(2)17(15-8-6-5-7-9-15)16(20-18)10-14-11-19-21(3)12-14/h5-9,11-13,16-17,20H,4,10,18H2,1-3H3. The summed E-state index contributed by atoms with van der Waals surface area (Å²) in [6, 6.07) is 10.9. The van der Waals surface area contributed by atoms with Crippen LogP contribution in [0.4, 0.5) is 0 Å². The molecule has 21 heavy (non-hydrogen) atoms. The highest BCUT2D eigenvalue weighted by molar-refractivity contribution is 5.23. The molecule has 2 rings (SSSR count). The quantitative estimate of drug-likeness (QED) is 0.607. The lowest BCUT2D eigenvalue weighted by atomic mass is 9.78. The van der Waals surface area contributed by atoms with Gasteiger partial charge in [0, 0.05) is 25.2 Å². The summed E-state index contributed by atoms with van der Waals surface area (Å²) in [6.45, 7) is 4.53. The number of hydrazine groups is 1. The van der Waals surface area contributed by atoms with Crippen LogP contribution in [0.25, 0.3) is 0 Å². The van der Waals surface area contributed by atoms with Gasteiger partial charge in [0.1, 0.15) is 0 Å². The normalized spacial score (nSPS) is 15.6. The molecule has 4 heteroatoms. The Labute approximate surface area is 127 Å². The summed E-state index contributed by atoms with van der Waals surface area (Å²) in [4.78, 5) is 0. The van der Waals surface area contributed by atoms with Gasteiger partial charge in [-0.2, -0.15) is 5.10 Å². The third-order valence-corrected chi connectivity index (χ3v) is 4.30. The maximum absolute atomic E-state index is 5.88. The monoisotopic (exact) mass is 286 g/mol.